The fourth-order valence-electron chi connectivity index (χ4n) is 2.81. The van der Waals surface area contributed by atoms with Gasteiger partial charge in [-0.3, -0.25) is 4.79 Å². The normalized spacial score (nSPS) is 20.7. The average Bonchev–Trinajstić information content (AvgIpc) is 2.65. The van der Waals surface area contributed by atoms with E-state index in [9.17, 15) is 26.7 Å². The second-order valence-corrected chi connectivity index (χ2v) is 9.01. The average molecular weight is 431 g/mol. The van der Waals surface area contributed by atoms with Gasteiger partial charge < -0.3 is 13.5 Å². The number of rotatable bonds is 2. The van der Waals surface area contributed by atoms with Gasteiger partial charge in [-0.25, -0.2) is 0 Å². The molecule has 2 heterocycles. The van der Waals surface area contributed by atoms with E-state index in [1.54, 1.807) is 12.1 Å². The quantitative estimate of drug-likeness (QED) is 0.517. The number of fused-ring (bicyclic) bond motifs is 2. The molecule has 2 aromatic carbocycles. The predicted molar refractivity (Wildman–Crippen MR) is 100 cm³/mol. The lowest BCUT2D eigenvalue weighted by Gasteiger charge is -2.25. The molecule has 0 saturated heterocycles. The molecule has 2 aromatic rings. The largest absolute Gasteiger partial charge is 0.871 e. The highest BCUT2D eigenvalue weighted by molar-refractivity contribution is 7.92. The number of hydrogen-bond donors (Lipinski definition) is 0. The lowest BCUT2D eigenvalue weighted by molar-refractivity contribution is -0.244. The summed E-state index contributed by atoms with van der Waals surface area (Å²) in [5, 5.41) is 12.5. The van der Waals surface area contributed by atoms with Crippen LogP contribution in [0.2, 0.25) is 0 Å². The number of carbonyl (C=O) groups is 1. The first-order valence-electron chi connectivity index (χ1n) is 8.12. The van der Waals surface area contributed by atoms with E-state index in [4.69, 9.17) is 8.37 Å². The molecule has 29 heavy (non-hydrogen) atoms. The topological polar surface area (TPSA) is 127 Å². The summed E-state index contributed by atoms with van der Waals surface area (Å²) in [4.78, 5) is 11.1. The van der Waals surface area contributed by atoms with Gasteiger partial charge in [0.25, 0.3) is 0 Å². The Morgan fingerprint density at radius 2 is 1.34 bits per heavy atom. The molecule has 0 aromatic heterocycles. The van der Waals surface area contributed by atoms with Crippen LogP contribution in [0.1, 0.15) is 15.9 Å². The zero-order valence-corrected chi connectivity index (χ0v) is 16.1. The molecule has 0 aliphatic carbocycles. The van der Waals surface area contributed by atoms with Crippen molar-refractivity contribution < 1.29 is 35.1 Å². The number of benzene rings is 2. The second kappa shape index (κ2) is 6.61. The molecule has 2 aliphatic heterocycles. The van der Waals surface area contributed by atoms with Crippen LogP contribution >= 0.6 is 0 Å². The smallest absolute Gasteiger partial charge is 0.343 e. The lowest BCUT2D eigenvalue weighted by Crippen LogP contribution is -2.25. The van der Waals surface area contributed by atoms with Gasteiger partial charge in [0.1, 0.15) is 5.75 Å². The number of carbonyl (C=O) groups excluding carboxylic acids is 1. The minimum absolute atomic E-state index is 0.0493. The molecule has 10 heteroatoms. The second-order valence-electron chi connectivity index (χ2n) is 5.98. The zero-order chi connectivity index (χ0) is 20.8. The molecular formula is C19H11O8S2-. The van der Waals surface area contributed by atoms with E-state index in [0.29, 0.717) is 0 Å². The van der Waals surface area contributed by atoms with Crippen LogP contribution in [-0.4, -0.2) is 22.6 Å². The van der Waals surface area contributed by atoms with Crippen molar-refractivity contribution in [3.63, 3.8) is 0 Å². The van der Waals surface area contributed by atoms with Crippen LogP contribution < -0.4 is 13.5 Å². The molecule has 2 aliphatic rings. The minimum atomic E-state index is -4.39. The van der Waals surface area contributed by atoms with Crippen molar-refractivity contribution in [2.75, 3.05) is 0 Å². The maximum atomic E-state index is 12.5. The summed E-state index contributed by atoms with van der Waals surface area (Å²) in [6.07, 6.45) is 2.73. The number of para-hydroxylation sites is 2. The Bertz CT molecular complexity index is 1350. The van der Waals surface area contributed by atoms with Crippen molar-refractivity contribution in [3.05, 3.63) is 87.7 Å². The molecule has 0 amide bonds. The molecule has 0 fully saturated rings. The molecule has 0 spiro atoms. The van der Waals surface area contributed by atoms with E-state index in [0.717, 1.165) is 18.2 Å². The summed E-state index contributed by atoms with van der Waals surface area (Å²) in [5.41, 5.74) is 0.0986. The fraction of sp³-hybridized carbons (Fsp3) is 0. The monoisotopic (exact) mass is 431 g/mol. The first-order valence-corrected chi connectivity index (χ1v) is 10.9. The minimum Gasteiger partial charge on any atom is -0.871 e. The molecule has 0 saturated carbocycles. The molecule has 148 valence electrons. The molecule has 0 unspecified atom stereocenters. The Morgan fingerprint density at radius 3 is 2.03 bits per heavy atom. The number of allylic oxidation sites excluding steroid dienone is 4. The standard InChI is InChI=1S/C19H12O8S2/c20-18-12-6-1-3-8-14(12)26-28(22,23)16(18)10-5-11-17-19(21)13-7-2-4-9-15(13)27-29(17,24)25/h1-11,20H/p-1/b10-5?,17-11-. The third-order valence-electron chi connectivity index (χ3n) is 4.14. The lowest BCUT2D eigenvalue weighted by atomic mass is 10.1. The van der Waals surface area contributed by atoms with Crippen molar-refractivity contribution in [1.82, 2.24) is 0 Å². The molecule has 4 rings (SSSR count). The van der Waals surface area contributed by atoms with Gasteiger partial charge in [0.2, 0.25) is 5.78 Å². The molecular weight excluding hydrogens is 420 g/mol. The van der Waals surface area contributed by atoms with Crippen LogP contribution in [0, 0.1) is 0 Å². The SMILES string of the molecule is O=C1/C(=C/C=CC2=C([O-])c3ccccc3OS2(=O)=O)S(=O)(=O)Oc2ccccc21. The van der Waals surface area contributed by atoms with E-state index in [-0.39, 0.29) is 22.6 Å². The van der Waals surface area contributed by atoms with E-state index in [2.05, 4.69) is 0 Å². The maximum Gasteiger partial charge on any atom is 0.343 e. The Morgan fingerprint density at radius 1 is 0.793 bits per heavy atom. The van der Waals surface area contributed by atoms with Crippen LogP contribution in [0.5, 0.6) is 11.5 Å². The maximum absolute atomic E-state index is 12.5. The summed E-state index contributed by atoms with van der Waals surface area (Å²) >= 11 is 0. The Labute approximate surface area is 166 Å². The van der Waals surface area contributed by atoms with Crippen molar-refractivity contribution in [2.45, 2.75) is 0 Å². The van der Waals surface area contributed by atoms with Gasteiger partial charge >= 0.3 is 20.2 Å². The van der Waals surface area contributed by atoms with Gasteiger partial charge in [0, 0.05) is 5.56 Å². The van der Waals surface area contributed by atoms with Gasteiger partial charge in [0.05, 0.1) is 10.5 Å². The van der Waals surface area contributed by atoms with Crippen molar-refractivity contribution in [1.29, 1.82) is 0 Å². The van der Waals surface area contributed by atoms with Crippen LogP contribution in [-0.2, 0) is 20.2 Å². The Kier molecular flexibility index (Phi) is 4.32. The fourth-order valence-corrected chi connectivity index (χ4v) is 4.92. The number of Topliss-reactive ketones (excluding diaryl/α,β-unsaturated/α-hetero) is 1. The van der Waals surface area contributed by atoms with Crippen LogP contribution in [0.4, 0.5) is 0 Å². The van der Waals surface area contributed by atoms with Crippen molar-refractivity contribution in [2.24, 2.45) is 0 Å². The summed E-state index contributed by atoms with van der Waals surface area (Å²) in [7, 11) is -8.79. The summed E-state index contributed by atoms with van der Waals surface area (Å²) < 4.78 is 58.7. The molecule has 0 atom stereocenters. The van der Waals surface area contributed by atoms with E-state index >= 15 is 0 Å². The number of hydrogen-bond acceptors (Lipinski definition) is 8. The van der Waals surface area contributed by atoms with E-state index in [1.807, 2.05) is 0 Å². The highest BCUT2D eigenvalue weighted by Crippen LogP contribution is 2.35. The van der Waals surface area contributed by atoms with Gasteiger partial charge in [-0.05, 0) is 30.4 Å². The van der Waals surface area contributed by atoms with E-state index < -0.39 is 41.6 Å². The highest BCUT2D eigenvalue weighted by Gasteiger charge is 2.35. The van der Waals surface area contributed by atoms with Crippen LogP contribution in [0.25, 0.3) is 5.76 Å². The summed E-state index contributed by atoms with van der Waals surface area (Å²) in [6, 6.07) is 11.6. The van der Waals surface area contributed by atoms with Gasteiger partial charge in [-0.2, -0.15) is 16.8 Å². The molecule has 0 bridgehead atoms. The predicted octanol–water partition coefficient (Wildman–Crippen LogP) is 1.48. The zero-order valence-electron chi connectivity index (χ0n) is 14.4. The summed E-state index contributed by atoms with van der Waals surface area (Å²) in [5.74, 6) is -1.80. The van der Waals surface area contributed by atoms with Gasteiger partial charge in [0.15, 0.2) is 10.7 Å². The van der Waals surface area contributed by atoms with E-state index in [1.165, 1.54) is 36.4 Å². The van der Waals surface area contributed by atoms with Crippen molar-refractivity contribution in [3.8, 4) is 11.5 Å². The Hall–Kier alpha value is -3.37. The third kappa shape index (κ3) is 3.22. The molecule has 0 N–H and O–H groups in total. The first-order chi connectivity index (χ1) is 13.7. The third-order valence-corrected chi connectivity index (χ3v) is 6.66. The number of ketones is 1. The molecule has 8 nitrogen and oxygen atoms in total. The molecule has 0 radical (unpaired) electrons. The van der Waals surface area contributed by atoms with Crippen molar-refractivity contribution >= 4 is 31.8 Å². The van der Waals surface area contributed by atoms with Gasteiger partial charge in [-0.1, -0.05) is 42.2 Å². The van der Waals surface area contributed by atoms with Crippen LogP contribution in [0.3, 0.4) is 0 Å². The summed E-state index contributed by atoms with van der Waals surface area (Å²) in [6.45, 7) is 0. The Balaban J connectivity index is 1.77. The van der Waals surface area contributed by atoms with Gasteiger partial charge in [-0.15, -0.1) is 0 Å². The first kappa shape index (κ1) is 19.0. The highest BCUT2D eigenvalue weighted by atomic mass is 32.2. The van der Waals surface area contributed by atoms with Crippen LogP contribution in [0.15, 0.2) is 76.6 Å².